The van der Waals surface area contributed by atoms with Crippen molar-refractivity contribution in [1.29, 1.82) is 0 Å². The van der Waals surface area contributed by atoms with Gasteiger partial charge in [0.2, 0.25) is 0 Å². The third-order valence-electron chi connectivity index (χ3n) is 3.31. The zero-order valence-electron chi connectivity index (χ0n) is 13.7. The zero-order chi connectivity index (χ0) is 14.4. The second-order valence-corrected chi connectivity index (χ2v) is 23.5. The Morgan fingerprint density at radius 3 is 1.50 bits per heavy atom. The van der Waals surface area contributed by atoms with Gasteiger partial charge in [0, 0.05) is 0 Å². The Balaban J connectivity index is 3.50. The van der Waals surface area contributed by atoms with Crippen molar-refractivity contribution in [1.82, 2.24) is 0 Å². The van der Waals surface area contributed by atoms with Crippen LogP contribution in [0.3, 0.4) is 0 Å². The molecule has 0 saturated heterocycles. The number of benzene rings is 1. The van der Waals surface area contributed by atoms with E-state index in [1.54, 1.807) is 10.4 Å². The van der Waals surface area contributed by atoms with E-state index in [9.17, 15) is 0 Å². The summed E-state index contributed by atoms with van der Waals surface area (Å²) in [6.45, 7) is 22.0. The lowest BCUT2D eigenvalue weighted by molar-refractivity contribution is 1.64. The Hall–Kier alpha value is -0.129. The molecule has 1 aromatic rings. The molecule has 1 rings (SSSR count). The number of hydrogen-bond acceptors (Lipinski definition) is 0. The second kappa shape index (κ2) is 4.76. The molecule has 0 aliphatic rings. The van der Waals surface area contributed by atoms with Gasteiger partial charge in [-0.25, -0.2) is 0 Å². The third kappa shape index (κ3) is 3.68. The standard InChI is InChI=1S/C15H29Si3/c1-16(2,3)13-10-11-14(17(4,5)6)15(12-13)18(7,8)9/h10-11H,1-9H3. The van der Waals surface area contributed by atoms with Crippen LogP contribution in [-0.2, 0) is 0 Å². The monoisotopic (exact) mass is 293 g/mol. The minimum Gasteiger partial charge on any atom is -0.0656 e. The van der Waals surface area contributed by atoms with Gasteiger partial charge in [-0.05, 0) is 6.07 Å². The molecule has 0 aliphatic heterocycles. The average Bonchev–Trinajstić information content (AvgIpc) is 2.12. The van der Waals surface area contributed by atoms with Crippen LogP contribution in [0.5, 0.6) is 0 Å². The van der Waals surface area contributed by atoms with E-state index in [0.29, 0.717) is 0 Å². The van der Waals surface area contributed by atoms with Crippen LogP contribution < -0.4 is 15.6 Å². The van der Waals surface area contributed by atoms with Gasteiger partial charge < -0.3 is 0 Å². The first-order valence-electron chi connectivity index (χ1n) is 6.91. The summed E-state index contributed by atoms with van der Waals surface area (Å²) >= 11 is 0. The molecule has 1 aromatic carbocycles. The van der Waals surface area contributed by atoms with Gasteiger partial charge in [0.25, 0.3) is 0 Å². The lowest BCUT2D eigenvalue weighted by Gasteiger charge is -2.30. The van der Waals surface area contributed by atoms with Crippen molar-refractivity contribution in [2.75, 3.05) is 0 Å². The first-order valence-corrected chi connectivity index (χ1v) is 17.4. The topological polar surface area (TPSA) is 0 Å². The summed E-state index contributed by atoms with van der Waals surface area (Å²) in [5.74, 6) is 0. The third-order valence-corrected chi connectivity index (χ3v) is 9.40. The summed E-state index contributed by atoms with van der Waals surface area (Å²) in [6.07, 6.45) is 0. The van der Waals surface area contributed by atoms with Crippen LogP contribution in [0, 0.1) is 6.07 Å². The molecule has 0 fully saturated rings. The van der Waals surface area contributed by atoms with E-state index in [1.165, 1.54) is 5.19 Å². The predicted octanol–water partition coefficient (Wildman–Crippen LogP) is 3.12. The fourth-order valence-corrected chi connectivity index (χ4v) is 8.40. The fraction of sp³-hybridized carbons (Fsp3) is 0.600. The largest absolute Gasteiger partial charge is 0.0784 e. The van der Waals surface area contributed by atoms with Gasteiger partial charge in [0.15, 0.2) is 0 Å². The molecule has 0 heterocycles. The molecule has 18 heavy (non-hydrogen) atoms. The molecule has 0 N–H and O–H groups in total. The maximum Gasteiger partial charge on any atom is 0.0784 e. The maximum absolute atomic E-state index is 3.86. The highest BCUT2D eigenvalue weighted by Gasteiger charge is 2.29. The highest BCUT2D eigenvalue weighted by molar-refractivity contribution is 6.99. The van der Waals surface area contributed by atoms with Gasteiger partial charge in [0.05, 0.1) is 24.2 Å². The molecular formula is C15H29Si3. The summed E-state index contributed by atoms with van der Waals surface area (Å²) in [4.78, 5) is 0. The van der Waals surface area contributed by atoms with Crippen LogP contribution in [0.1, 0.15) is 0 Å². The molecular weight excluding hydrogens is 264 g/mol. The summed E-state index contributed by atoms with van der Waals surface area (Å²) in [5, 5.41) is 4.74. The van der Waals surface area contributed by atoms with Crippen molar-refractivity contribution in [3.8, 4) is 0 Å². The Morgan fingerprint density at radius 1 is 0.667 bits per heavy atom. The molecule has 0 aliphatic carbocycles. The fourth-order valence-electron chi connectivity index (χ4n) is 2.15. The van der Waals surface area contributed by atoms with Crippen LogP contribution in [0.25, 0.3) is 0 Å². The second-order valence-electron chi connectivity index (χ2n) is 8.41. The van der Waals surface area contributed by atoms with Crippen LogP contribution in [0.2, 0.25) is 58.9 Å². The smallest absolute Gasteiger partial charge is 0.0656 e. The molecule has 3 heteroatoms. The van der Waals surface area contributed by atoms with Crippen molar-refractivity contribution in [3.63, 3.8) is 0 Å². The van der Waals surface area contributed by atoms with E-state index < -0.39 is 24.2 Å². The molecule has 0 spiro atoms. The van der Waals surface area contributed by atoms with Gasteiger partial charge in [-0.2, -0.15) is 0 Å². The molecule has 0 saturated carbocycles. The van der Waals surface area contributed by atoms with E-state index in [1.807, 2.05) is 0 Å². The van der Waals surface area contributed by atoms with E-state index in [0.717, 1.165) is 0 Å². The lowest BCUT2D eigenvalue weighted by Crippen LogP contribution is -2.58. The number of hydrogen-bond donors (Lipinski definition) is 0. The predicted molar refractivity (Wildman–Crippen MR) is 94.2 cm³/mol. The summed E-state index contributed by atoms with van der Waals surface area (Å²) < 4.78 is 0. The Kier molecular flexibility index (Phi) is 4.21. The first-order chi connectivity index (χ1) is 7.83. The van der Waals surface area contributed by atoms with Crippen molar-refractivity contribution in [3.05, 3.63) is 18.2 Å². The molecule has 101 valence electrons. The summed E-state index contributed by atoms with van der Waals surface area (Å²) in [7, 11) is -3.79. The summed E-state index contributed by atoms with van der Waals surface area (Å²) in [5.41, 5.74) is 0. The zero-order valence-corrected chi connectivity index (χ0v) is 16.7. The highest BCUT2D eigenvalue weighted by Crippen LogP contribution is 2.08. The van der Waals surface area contributed by atoms with Crippen molar-refractivity contribution >= 4 is 39.8 Å². The van der Waals surface area contributed by atoms with E-state index in [4.69, 9.17) is 0 Å². The van der Waals surface area contributed by atoms with Gasteiger partial charge >= 0.3 is 0 Å². The van der Waals surface area contributed by atoms with Gasteiger partial charge in [-0.15, -0.1) is 0 Å². The van der Waals surface area contributed by atoms with Crippen molar-refractivity contribution in [2.24, 2.45) is 0 Å². The molecule has 0 nitrogen and oxygen atoms in total. The molecule has 0 bridgehead atoms. The molecule has 0 atom stereocenters. The van der Waals surface area contributed by atoms with E-state index in [-0.39, 0.29) is 0 Å². The van der Waals surface area contributed by atoms with Crippen LogP contribution >= 0.6 is 0 Å². The normalized spacial score (nSPS) is 13.8. The first kappa shape index (κ1) is 15.9. The number of rotatable bonds is 3. The Labute approximate surface area is 117 Å². The minimum atomic E-state index is -1.30. The maximum atomic E-state index is 3.86. The minimum absolute atomic E-state index is 1.24. The molecule has 1 radical (unpaired) electrons. The van der Waals surface area contributed by atoms with E-state index >= 15 is 0 Å². The van der Waals surface area contributed by atoms with Gasteiger partial charge in [-0.1, -0.05) is 86.6 Å². The lowest BCUT2D eigenvalue weighted by atomic mass is 10.3. The van der Waals surface area contributed by atoms with Crippen LogP contribution in [0.15, 0.2) is 12.1 Å². The molecule has 0 aromatic heterocycles. The molecule has 0 amide bonds. The summed E-state index contributed by atoms with van der Waals surface area (Å²) in [6, 6.07) is 8.66. The quantitative estimate of drug-likeness (QED) is 0.751. The molecule has 0 unspecified atom stereocenters. The SMILES string of the molecule is C[Si](C)(C)c1[c]c([Si](C)(C)C)c([Si](C)(C)C)cc1. The van der Waals surface area contributed by atoms with Crippen molar-refractivity contribution in [2.45, 2.75) is 58.9 Å². The highest BCUT2D eigenvalue weighted by atomic mass is 28.3. The Bertz CT molecular complexity index is 429. The van der Waals surface area contributed by atoms with Gasteiger partial charge in [0.1, 0.15) is 0 Å². The average molecular weight is 294 g/mol. The van der Waals surface area contributed by atoms with Gasteiger partial charge in [-0.3, -0.25) is 0 Å². The van der Waals surface area contributed by atoms with Crippen LogP contribution in [-0.4, -0.2) is 24.2 Å². The van der Waals surface area contributed by atoms with Crippen molar-refractivity contribution < 1.29 is 0 Å². The Morgan fingerprint density at radius 2 is 1.17 bits per heavy atom. The van der Waals surface area contributed by atoms with E-state index in [2.05, 4.69) is 77.1 Å². The van der Waals surface area contributed by atoms with Crippen LogP contribution in [0.4, 0.5) is 0 Å².